The van der Waals surface area contributed by atoms with Gasteiger partial charge < -0.3 is 5.32 Å². The fourth-order valence-electron chi connectivity index (χ4n) is 2.21. The monoisotopic (exact) mass is 251 g/mol. The zero-order valence-electron chi connectivity index (χ0n) is 10.4. The predicted molar refractivity (Wildman–Crippen MR) is 71.3 cm³/mol. The van der Waals surface area contributed by atoms with Crippen molar-refractivity contribution in [2.45, 2.75) is 25.7 Å². The van der Waals surface area contributed by atoms with Crippen LogP contribution >= 0.6 is 0 Å². The van der Waals surface area contributed by atoms with E-state index in [1.54, 1.807) is 12.1 Å². The molecule has 0 atom stereocenters. The average molecular weight is 251 g/mol. The summed E-state index contributed by atoms with van der Waals surface area (Å²) >= 11 is 0. The highest BCUT2D eigenvalue weighted by Gasteiger charge is 2.17. The molecule has 4 heteroatoms. The molecule has 0 saturated heterocycles. The van der Waals surface area contributed by atoms with E-state index in [4.69, 9.17) is 10.5 Å². The first-order valence-electron chi connectivity index (χ1n) is 6.18. The third kappa shape index (κ3) is 2.81. The van der Waals surface area contributed by atoms with Gasteiger partial charge in [-0.1, -0.05) is 12.1 Å². The Morgan fingerprint density at radius 1 is 1.21 bits per heavy atom. The molecule has 94 valence electrons. The second kappa shape index (κ2) is 5.84. The van der Waals surface area contributed by atoms with E-state index in [2.05, 4.69) is 5.32 Å². The van der Waals surface area contributed by atoms with Crippen molar-refractivity contribution in [1.82, 2.24) is 0 Å². The third-order valence-electron chi connectivity index (χ3n) is 3.17. The Balaban J connectivity index is 2.36. The van der Waals surface area contributed by atoms with Crippen LogP contribution in [0.3, 0.4) is 0 Å². The molecule has 0 fully saturated rings. The van der Waals surface area contributed by atoms with Crippen molar-refractivity contribution in [2.24, 2.45) is 0 Å². The van der Waals surface area contributed by atoms with Crippen LogP contribution in [0.15, 0.2) is 30.0 Å². The van der Waals surface area contributed by atoms with E-state index < -0.39 is 0 Å². The maximum absolute atomic E-state index is 12.0. The van der Waals surface area contributed by atoms with Crippen LogP contribution in [-0.2, 0) is 6.42 Å². The number of nitrogens with zero attached hydrogens (tertiary/aromatic N) is 2. The first-order chi connectivity index (χ1) is 9.26. The van der Waals surface area contributed by atoms with Gasteiger partial charge in [0.05, 0.1) is 0 Å². The van der Waals surface area contributed by atoms with Crippen molar-refractivity contribution in [3.63, 3.8) is 0 Å². The molecule has 1 aromatic rings. The van der Waals surface area contributed by atoms with Gasteiger partial charge in [-0.25, -0.2) is 0 Å². The first kappa shape index (κ1) is 12.9. The number of Topliss-reactive ketones (excluding diaryl/α,β-unsaturated/α-hetero) is 1. The Bertz CT molecular complexity index is 601. The van der Waals surface area contributed by atoms with Gasteiger partial charge in [0.15, 0.2) is 5.78 Å². The molecule has 1 aromatic carbocycles. The number of allylic oxidation sites excluding steroid dienone is 1. The second-order valence-electron chi connectivity index (χ2n) is 4.39. The largest absolute Gasteiger partial charge is 0.360 e. The molecule has 19 heavy (non-hydrogen) atoms. The van der Waals surface area contributed by atoms with Gasteiger partial charge in [0.2, 0.25) is 0 Å². The van der Waals surface area contributed by atoms with Crippen LogP contribution in [-0.4, -0.2) is 5.78 Å². The van der Waals surface area contributed by atoms with Gasteiger partial charge in [-0.05, 0) is 30.9 Å². The standard InChI is InChI=1S/C15H13N3O/c16-8-11(9-17)10-18-14-6-3-5-13-12(14)4-1-2-7-15(13)19/h3,5-6,10,18H,1-2,4,7H2. The summed E-state index contributed by atoms with van der Waals surface area (Å²) in [5.41, 5.74) is 2.55. The van der Waals surface area contributed by atoms with E-state index in [9.17, 15) is 4.79 Å². The summed E-state index contributed by atoms with van der Waals surface area (Å²) in [4.78, 5) is 12.0. The smallest absolute Gasteiger partial charge is 0.163 e. The molecule has 0 bridgehead atoms. The molecule has 1 aliphatic rings. The summed E-state index contributed by atoms with van der Waals surface area (Å²) in [6.07, 6.45) is 4.69. The number of hydrogen-bond donors (Lipinski definition) is 1. The van der Waals surface area contributed by atoms with E-state index >= 15 is 0 Å². The van der Waals surface area contributed by atoms with Crippen molar-refractivity contribution in [1.29, 1.82) is 10.5 Å². The number of nitriles is 2. The van der Waals surface area contributed by atoms with Gasteiger partial charge in [-0.2, -0.15) is 10.5 Å². The van der Waals surface area contributed by atoms with E-state index in [-0.39, 0.29) is 11.4 Å². The summed E-state index contributed by atoms with van der Waals surface area (Å²) in [5, 5.41) is 20.4. The SMILES string of the molecule is N#CC(C#N)=CNc1cccc2c1CCCCC2=O. The second-order valence-corrected chi connectivity index (χ2v) is 4.39. The van der Waals surface area contributed by atoms with Gasteiger partial charge in [0, 0.05) is 23.9 Å². The topological polar surface area (TPSA) is 76.7 Å². The van der Waals surface area contributed by atoms with Crippen LogP contribution in [0.25, 0.3) is 0 Å². The molecule has 0 aromatic heterocycles. The zero-order valence-corrected chi connectivity index (χ0v) is 10.4. The summed E-state index contributed by atoms with van der Waals surface area (Å²) in [6.45, 7) is 0. The molecule has 0 radical (unpaired) electrons. The van der Waals surface area contributed by atoms with Crippen LogP contribution in [0.5, 0.6) is 0 Å². The van der Waals surface area contributed by atoms with Crippen molar-refractivity contribution in [2.75, 3.05) is 5.32 Å². The predicted octanol–water partition coefficient (Wildman–Crippen LogP) is 2.94. The van der Waals surface area contributed by atoms with Crippen LogP contribution in [0, 0.1) is 22.7 Å². The average Bonchev–Trinajstić information content (AvgIpc) is 2.63. The van der Waals surface area contributed by atoms with Gasteiger partial charge >= 0.3 is 0 Å². The Morgan fingerprint density at radius 3 is 2.68 bits per heavy atom. The first-order valence-corrected chi connectivity index (χ1v) is 6.18. The molecule has 0 saturated carbocycles. The third-order valence-corrected chi connectivity index (χ3v) is 3.17. The molecule has 0 aliphatic heterocycles. The number of anilines is 1. The molecule has 0 spiro atoms. The lowest BCUT2D eigenvalue weighted by Gasteiger charge is -2.11. The van der Waals surface area contributed by atoms with E-state index in [1.165, 1.54) is 6.20 Å². The van der Waals surface area contributed by atoms with Crippen LogP contribution in [0.2, 0.25) is 0 Å². The maximum Gasteiger partial charge on any atom is 0.163 e. The van der Waals surface area contributed by atoms with Crippen molar-refractivity contribution >= 4 is 11.5 Å². The van der Waals surface area contributed by atoms with E-state index in [0.717, 1.165) is 36.1 Å². The van der Waals surface area contributed by atoms with Gasteiger partial charge in [-0.15, -0.1) is 0 Å². The van der Waals surface area contributed by atoms with E-state index in [1.807, 2.05) is 18.2 Å². The number of nitrogens with one attached hydrogen (secondary N) is 1. The van der Waals surface area contributed by atoms with Gasteiger partial charge in [0.25, 0.3) is 0 Å². The number of benzene rings is 1. The zero-order chi connectivity index (χ0) is 13.7. The van der Waals surface area contributed by atoms with Crippen LogP contribution in [0.1, 0.15) is 35.2 Å². The summed E-state index contributed by atoms with van der Waals surface area (Å²) in [6, 6.07) is 9.11. The van der Waals surface area contributed by atoms with Gasteiger partial charge in [0.1, 0.15) is 17.7 Å². The minimum absolute atomic E-state index is 0.0116. The Morgan fingerprint density at radius 2 is 1.95 bits per heavy atom. The Hall–Kier alpha value is -2.59. The molecule has 0 heterocycles. The minimum Gasteiger partial charge on any atom is -0.360 e. The van der Waals surface area contributed by atoms with Crippen LogP contribution in [0.4, 0.5) is 5.69 Å². The number of ketones is 1. The molecule has 0 amide bonds. The van der Waals surface area contributed by atoms with E-state index in [0.29, 0.717) is 6.42 Å². The van der Waals surface area contributed by atoms with Gasteiger partial charge in [-0.3, -0.25) is 4.79 Å². The number of rotatable bonds is 2. The summed E-state index contributed by atoms with van der Waals surface area (Å²) in [7, 11) is 0. The lowest BCUT2D eigenvalue weighted by molar-refractivity contribution is 0.0982. The lowest BCUT2D eigenvalue weighted by Crippen LogP contribution is -2.03. The highest BCUT2D eigenvalue weighted by atomic mass is 16.1. The highest BCUT2D eigenvalue weighted by Crippen LogP contribution is 2.27. The molecule has 0 unspecified atom stereocenters. The highest BCUT2D eigenvalue weighted by molar-refractivity contribution is 5.99. The lowest BCUT2D eigenvalue weighted by atomic mass is 10.00. The number of fused-ring (bicyclic) bond motifs is 1. The fourth-order valence-corrected chi connectivity index (χ4v) is 2.21. The van der Waals surface area contributed by atoms with Crippen molar-refractivity contribution < 1.29 is 4.79 Å². The Labute approximate surface area is 112 Å². The van der Waals surface area contributed by atoms with Crippen molar-refractivity contribution in [3.8, 4) is 12.1 Å². The van der Waals surface area contributed by atoms with Crippen LogP contribution < -0.4 is 5.32 Å². The molecule has 4 nitrogen and oxygen atoms in total. The summed E-state index contributed by atoms with van der Waals surface area (Å²) < 4.78 is 0. The maximum atomic E-state index is 12.0. The quantitative estimate of drug-likeness (QED) is 0.647. The molecular weight excluding hydrogens is 238 g/mol. The summed E-state index contributed by atoms with van der Waals surface area (Å²) in [5.74, 6) is 0.168. The number of carbonyl (C=O) groups excluding carboxylic acids is 1. The van der Waals surface area contributed by atoms with Crippen molar-refractivity contribution in [3.05, 3.63) is 41.1 Å². The molecule has 1 aliphatic carbocycles. The molecular formula is C15H13N3O. The Kier molecular flexibility index (Phi) is 3.95. The molecule has 1 N–H and O–H groups in total. The number of hydrogen-bond acceptors (Lipinski definition) is 4. The molecule has 2 rings (SSSR count). The normalized spacial score (nSPS) is 13.5. The minimum atomic E-state index is 0.0116. The number of carbonyl (C=O) groups is 1. The fraction of sp³-hybridized carbons (Fsp3) is 0.267.